The lowest BCUT2D eigenvalue weighted by Crippen LogP contribution is -2.30. The summed E-state index contributed by atoms with van der Waals surface area (Å²) in [5, 5.41) is 0.904. The maximum absolute atomic E-state index is 8.26. The number of nitrogens with zero attached hydrogens (tertiary/aromatic N) is 3. The van der Waals surface area contributed by atoms with Crippen molar-refractivity contribution in [2.24, 2.45) is 7.05 Å². The molecule has 0 saturated heterocycles. The first-order chi connectivity index (χ1) is 14.9. The van der Waals surface area contributed by atoms with E-state index in [1.165, 1.54) is 0 Å². The number of hydrogen-bond donors (Lipinski definition) is 0. The van der Waals surface area contributed by atoms with Crippen LogP contribution in [0.3, 0.4) is 0 Å². The minimum Gasteiger partial charge on any atom is -0.256 e. The quantitative estimate of drug-likeness (QED) is 0.389. The first-order valence-electron chi connectivity index (χ1n) is 10.8. The van der Waals surface area contributed by atoms with Crippen LogP contribution in [0.2, 0.25) is 0 Å². The summed E-state index contributed by atoms with van der Waals surface area (Å²) in [4.78, 5) is 4.39. The first-order valence-corrected chi connectivity index (χ1v) is 9.31. The van der Waals surface area contributed by atoms with Gasteiger partial charge >= 0.3 is 0 Å². The largest absolute Gasteiger partial charge is 0.295 e. The second kappa shape index (κ2) is 6.31. The van der Waals surface area contributed by atoms with Crippen molar-refractivity contribution < 1.29 is 8.68 Å². The highest BCUT2D eigenvalue weighted by Gasteiger charge is 2.27. The molecule has 5 aromatic rings. The molecule has 0 aliphatic rings. The van der Waals surface area contributed by atoms with Gasteiger partial charge in [-0.3, -0.25) is 4.98 Å². The molecule has 0 aliphatic carbocycles. The van der Waals surface area contributed by atoms with E-state index >= 15 is 0 Å². The van der Waals surface area contributed by atoms with E-state index in [1.807, 2.05) is 55.6 Å². The Hall–Kier alpha value is -3.46. The number of hydrogen-bond acceptors (Lipinski definition) is 1. The Kier molecular flexibility index (Phi) is 3.08. The zero-order valence-corrected chi connectivity index (χ0v) is 15.8. The standard InChI is InChI=1S/C25H22N3/c1-17-9-4-5-11-20(17)25-27(3)22-12-6-7-13-23(22)28(25)24-16-19-10-8-14-26-21(19)15-18(24)2/h4-16H,1-3H3/q+1/i2D3. The molecule has 3 heteroatoms. The number of benzene rings is 3. The first kappa shape index (κ1) is 13.7. The van der Waals surface area contributed by atoms with E-state index in [0.29, 0.717) is 11.2 Å². The Morgan fingerprint density at radius 1 is 0.929 bits per heavy atom. The van der Waals surface area contributed by atoms with Crippen LogP contribution < -0.4 is 4.57 Å². The maximum atomic E-state index is 8.26. The Balaban J connectivity index is 1.98. The van der Waals surface area contributed by atoms with Gasteiger partial charge in [0, 0.05) is 15.7 Å². The van der Waals surface area contributed by atoms with Crippen LogP contribution in [0.5, 0.6) is 0 Å². The van der Waals surface area contributed by atoms with Crippen molar-refractivity contribution in [2.45, 2.75) is 13.8 Å². The molecule has 0 aliphatic heterocycles. The summed E-state index contributed by atoms with van der Waals surface area (Å²) in [5.41, 5.74) is 5.78. The van der Waals surface area contributed by atoms with E-state index in [4.69, 9.17) is 4.11 Å². The van der Waals surface area contributed by atoms with Gasteiger partial charge in [-0.25, -0.2) is 4.57 Å². The van der Waals surface area contributed by atoms with Gasteiger partial charge in [0.25, 0.3) is 5.82 Å². The highest BCUT2D eigenvalue weighted by Crippen LogP contribution is 2.31. The third-order valence-corrected chi connectivity index (χ3v) is 5.36. The minimum absolute atomic E-state index is 0.287. The molecule has 0 amide bonds. The molecule has 3 nitrogen and oxygen atoms in total. The number of aromatic nitrogens is 3. The Morgan fingerprint density at radius 3 is 2.61 bits per heavy atom. The Bertz CT molecular complexity index is 1450. The van der Waals surface area contributed by atoms with E-state index in [9.17, 15) is 0 Å². The van der Waals surface area contributed by atoms with Gasteiger partial charge in [-0.15, -0.1) is 0 Å². The van der Waals surface area contributed by atoms with E-state index in [1.54, 1.807) is 12.3 Å². The molecule has 28 heavy (non-hydrogen) atoms. The molecule has 2 heterocycles. The summed E-state index contributed by atoms with van der Waals surface area (Å²) >= 11 is 0. The summed E-state index contributed by atoms with van der Waals surface area (Å²) in [7, 11) is 2.03. The van der Waals surface area contributed by atoms with Crippen LogP contribution in [0.15, 0.2) is 79.0 Å². The van der Waals surface area contributed by atoms with Gasteiger partial charge in [0.1, 0.15) is 5.69 Å². The summed E-state index contributed by atoms with van der Waals surface area (Å²) < 4.78 is 29.0. The fourth-order valence-electron chi connectivity index (χ4n) is 3.98. The predicted molar refractivity (Wildman–Crippen MR) is 115 cm³/mol. The van der Waals surface area contributed by atoms with Crippen molar-refractivity contribution in [3.05, 3.63) is 90.1 Å². The third kappa shape index (κ3) is 2.43. The third-order valence-electron chi connectivity index (χ3n) is 5.36. The Morgan fingerprint density at radius 2 is 1.75 bits per heavy atom. The van der Waals surface area contributed by atoms with E-state index in [2.05, 4.69) is 39.2 Å². The lowest BCUT2D eigenvalue weighted by Gasteiger charge is -2.09. The van der Waals surface area contributed by atoms with Crippen molar-refractivity contribution in [1.29, 1.82) is 0 Å². The van der Waals surface area contributed by atoms with Crippen LogP contribution in [-0.4, -0.2) is 9.55 Å². The molecule has 0 unspecified atom stereocenters. The summed E-state index contributed by atoms with van der Waals surface area (Å²) in [5.74, 6) is 0.938. The second-order valence-electron chi connectivity index (χ2n) is 7.09. The number of fused-ring (bicyclic) bond motifs is 2. The van der Waals surface area contributed by atoms with Crippen molar-refractivity contribution >= 4 is 21.9 Å². The lowest BCUT2D eigenvalue weighted by atomic mass is 10.1. The number of para-hydroxylation sites is 2. The average molecular weight is 367 g/mol. The number of imidazole rings is 1. The molecule has 0 spiro atoms. The van der Waals surface area contributed by atoms with Gasteiger partial charge < -0.3 is 0 Å². The van der Waals surface area contributed by atoms with E-state index in [0.717, 1.165) is 33.4 Å². The molecular formula is C25H22N3+. The summed E-state index contributed by atoms with van der Waals surface area (Å²) in [6.45, 7) is -0.208. The minimum atomic E-state index is -2.28. The van der Waals surface area contributed by atoms with Gasteiger partial charge in [0.2, 0.25) is 0 Å². The highest BCUT2D eigenvalue weighted by atomic mass is 15.2. The normalized spacial score (nSPS) is 13.4. The topological polar surface area (TPSA) is 21.7 Å². The summed E-state index contributed by atoms with van der Waals surface area (Å²) in [6, 6.07) is 23.8. The number of aryl methyl sites for hydroxylation is 3. The fourth-order valence-corrected chi connectivity index (χ4v) is 3.98. The average Bonchev–Trinajstić information content (AvgIpc) is 3.05. The Labute approximate surface area is 168 Å². The van der Waals surface area contributed by atoms with Crippen LogP contribution >= 0.6 is 0 Å². The molecule has 2 aromatic heterocycles. The predicted octanol–water partition coefficient (Wildman–Crippen LogP) is 5.29. The molecule has 0 saturated carbocycles. The van der Waals surface area contributed by atoms with Crippen LogP contribution in [0.1, 0.15) is 15.2 Å². The molecule has 136 valence electrons. The molecule has 5 rings (SSSR count). The van der Waals surface area contributed by atoms with E-state index < -0.39 is 6.85 Å². The molecule has 0 atom stereocenters. The molecule has 0 N–H and O–H groups in total. The molecular weight excluding hydrogens is 342 g/mol. The molecule has 0 fully saturated rings. The van der Waals surface area contributed by atoms with Crippen LogP contribution in [0.4, 0.5) is 0 Å². The van der Waals surface area contributed by atoms with Crippen molar-refractivity contribution in [2.75, 3.05) is 0 Å². The molecule has 0 bridgehead atoms. The lowest BCUT2D eigenvalue weighted by molar-refractivity contribution is -0.633. The van der Waals surface area contributed by atoms with Gasteiger partial charge in [-0.2, -0.15) is 4.57 Å². The van der Waals surface area contributed by atoms with Crippen molar-refractivity contribution in [1.82, 2.24) is 9.55 Å². The smallest absolute Gasteiger partial charge is 0.256 e. The highest BCUT2D eigenvalue weighted by molar-refractivity contribution is 5.85. The maximum Gasteiger partial charge on any atom is 0.295 e. The van der Waals surface area contributed by atoms with E-state index in [-0.39, 0.29) is 5.56 Å². The van der Waals surface area contributed by atoms with Crippen molar-refractivity contribution in [3.8, 4) is 17.1 Å². The molecule has 3 aromatic carbocycles. The van der Waals surface area contributed by atoms with Crippen LogP contribution in [0.25, 0.3) is 39.0 Å². The fraction of sp³-hybridized carbons (Fsp3) is 0.120. The SMILES string of the molecule is [2H]C([2H])([2H])c1cc2ncccc2cc1-n1c(-c2ccccc2C)[n+](C)c2ccccc21. The van der Waals surface area contributed by atoms with Gasteiger partial charge in [0.05, 0.1) is 18.1 Å². The monoisotopic (exact) mass is 367 g/mol. The van der Waals surface area contributed by atoms with Crippen LogP contribution in [0, 0.1) is 13.8 Å². The number of pyridine rings is 1. The second-order valence-corrected chi connectivity index (χ2v) is 7.09. The molecule has 0 radical (unpaired) electrons. The number of rotatable bonds is 2. The van der Waals surface area contributed by atoms with Crippen molar-refractivity contribution in [3.63, 3.8) is 0 Å². The van der Waals surface area contributed by atoms with Crippen LogP contribution in [-0.2, 0) is 7.05 Å². The zero-order chi connectivity index (χ0) is 21.8. The van der Waals surface area contributed by atoms with Gasteiger partial charge in [0.15, 0.2) is 11.0 Å². The zero-order valence-electron chi connectivity index (χ0n) is 18.8. The summed E-state index contributed by atoms with van der Waals surface area (Å²) in [6.07, 6.45) is 1.69. The van der Waals surface area contributed by atoms with Gasteiger partial charge in [-0.05, 0) is 61.3 Å². The van der Waals surface area contributed by atoms with Gasteiger partial charge in [-0.1, -0.05) is 36.4 Å².